The fourth-order valence-electron chi connectivity index (χ4n) is 3.44. The average molecular weight is 347 g/mol. The van der Waals surface area contributed by atoms with E-state index in [0.29, 0.717) is 25.9 Å². The van der Waals surface area contributed by atoms with E-state index in [9.17, 15) is 14.7 Å². The molecule has 2 aromatic heterocycles. The largest absolute Gasteiger partial charge is 0.479 e. The third-order valence-corrected chi connectivity index (χ3v) is 5.92. The van der Waals surface area contributed by atoms with Crippen molar-refractivity contribution < 1.29 is 14.7 Å². The van der Waals surface area contributed by atoms with E-state index in [1.165, 1.54) is 4.88 Å². The number of rotatable bonds is 4. The number of carboxylic acids is 1. The number of thiophene rings is 1. The summed E-state index contributed by atoms with van der Waals surface area (Å²) in [5.41, 5.74) is 0.867. The summed E-state index contributed by atoms with van der Waals surface area (Å²) in [6, 6.07) is 0. The average Bonchev–Trinajstić information content (AvgIpc) is 3.23. The fraction of sp³-hybridized carbons (Fsp3) is 0.471. The molecule has 1 amide bonds. The molecule has 1 aliphatic rings. The van der Waals surface area contributed by atoms with E-state index in [-0.39, 0.29) is 5.91 Å². The van der Waals surface area contributed by atoms with Crippen LogP contribution in [0.2, 0.25) is 0 Å². The third kappa shape index (κ3) is 2.62. The van der Waals surface area contributed by atoms with E-state index in [4.69, 9.17) is 0 Å². The minimum absolute atomic E-state index is 0.0146. The summed E-state index contributed by atoms with van der Waals surface area (Å²) in [7, 11) is 0. The number of carbonyl (C=O) groups is 2. The Morgan fingerprint density at radius 2 is 2.08 bits per heavy atom. The van der Waals surface area contributed by atoms with Crippen LogP contribution in [0.5, 0.6) is 0 Å². The van der Waals surface area contributed by atoms with Crippen molar-refractivity contribution in [1.82, 2.24) is 14.5 Å². The number of aryl methyl sites for hydroxylation is 1. The van der Waals surface area contributed by atoms with Gasteiger partial charge in [0.15, 0.2) is 0 Å². The van der Waals surface area contributed by atoms with Gasteiger partial charge >= 0.3 is 5.97 Å². The lowest BCUT2D eigenvalue weighted by atomic mass is 9.87. The Kier molecular flexibility index (Phi) is 4.45. The predicted octanol–water partition coefficient (Wildman–Crippen LogP) is 2.53. The van der Waals surface area contributed by atoms with Crippen molar-refractivity contribution in [3.8, 4) is 0 Å². The summed E-state index contributed by atoms with van der Waals surface area (Å²) in [6.07, 6.45) is 6.41. The first-order valence-corrected chi connectivity index (χ1v) is 8.95. The van der Waals surface area contributed by atoms with Crippen LogP contribution in [0.25, 0.3) is 0 Å². The van der Waals surface area contributed by atoms with Gasteiger partial charge in [-0.3, -0.25) is 4.79 Å². The van der Waals surface area contributed by atoms with Crippen LogP contribution < -0.4 is 0 Å². The van der Waals surface area contributed by atoms with E-state index in [1.54, 1.807) is 39.5 Å². The molecule has 0 atom stereocenters. The molecular formula is C17H21N3O3S. The molecule has 1 aliphatic heterocycles. The Bertz CT molecular complexity index is 743. The summed E-state index contributed by atoms with van der Waals surface area (Å²) < 4.78 is 1.66. The molecular weight excluding hydrogens is 326 g/mol. The van der Waals surface area contributed by atoms with Gasteiger partial charge in [-0.2, -0.15) is 0 Å². The van der Waals surface area contributed by atoms with E-state index in [2.05, 4.69) is 11.9 Å². The zero-order valence-corrected chi connectivity index (χ0v) is 14.7. The predicted molar refractivity (Wildman–Crippen MR) is 91.4 cm³/mol. The molecule has 3 rings (SSSR count). The fourth-order valence-corrected chi connectivity index (χ4v) is 4.38. The Hall–Kier alpha value is -2.15. The summed E-state index contributed by atoms with van der Waals surface area (Å²) in [5, 5.41) is 11.7. The number of imidazole rings is 1. The molecule has 2 aromatic rings. The minimum atomic E-state index is -1.01. The van der Waals surface area contributed by atoms with Crippen LogP contribution in [0.4, 0.5) is 0 Å². The highest BCUT2D eigenvalue weighted by Gasteiger charge is 2.44. The lowest BCUT2D eigenvalue weighted by Gasteiger charge is -2.39. The quantitative estimate of drug-likeness (QED) is 0.922. The highest BCUT2D eigenvalue weighted by Crippen LogP contribution is 2.32. The summed E-state index contributed by atoms with van der Waals surface area (Å²) in [5.74, 6) is -0.853. The number of amides is 1. The van der Waals surface area contributed by atoms with Gasteiger partial charge in [-0.15, -0.1) is 11.3 Å². The SMILES string of the molecule is CCc1c(C(=O)N2CCC(C(=O)O)(n3ccnc3)CC2)csc1C. The second kappa shape index (κ2) is 6.39. The molecule has 1 saturated heterocycles. The van der Waals surface area contributed by atoms with E-state index < -0.39 is 11.5 Å². The molecule has 128 valence electrons. The van der Waals surface area contributed by atoms with E-state index in [1.807, 2.05) is 12.3 Å². The molecule has 7 heteroatoms. The molecule has 0 unspecified atom stereocenters. The second-order valence-electron chi connectivity index (χ2n) is 6.14. The van der Waals surface area contributed by atoms with Gasteiger partial charge in [0.1, 0.15) is 5.54 Å². The van der Waals surface area contributed by atoms with Gasteiger partial charge in [0.05, 0.1) is 11.9 Å². The highest BCUT2D eigenvalue weighted by atomic mass is 32.1. The van der Waals surface area contributed by atoms with Gasteiger partial charge < -0.3 is 14.6 Å². The molecule has 0 aliphatic carbocycles. The maximum atomic E-state index is 12.8. The molecule has 0 radical (unpaired) electrons. The number of hydrogen-bond acceptors (Lipinski definition) is 4. The number of aliphatic carboxylic acids is 1. The Labute approximate surface area is 144 Å². The Morgan fingerprint density at radius 1 is 1.38 bits per heavy atom. The van der Waals surface area contributed by atoms with Crippen LogP contribution in [-0.2, 0) is 16.8 Å². The van der Waals surface area contributed by atoms with E-state index >= 15 is 0 Å². The van der Waals surface area contributed by atoms with Gasteiger partial charge in [-0.25, -0.2) is 9.78 Å². The normalized spacial score (nSPS) is 17.0. The Balaban J connectivity index is 1.79. The standard InChI is InChI=1S/C17H21N3O3S/c1-3-13-12(2)24-10-14(13)15(21)19-7-4-17(5-8-19,16(22)23)20-9-6-18-11-20/h6,9-11H,3-5,7-8H2,1-2H3,(H,22,23). The maximum absolute atomic E-state index is 12.8. The molecule has 0 spiro atoms. The molecule has 3 heterocycles. The lowest BCUT2D eigenvalue weighted by Crippen LogP contribution is -2.52. The van der Waals surface area contributed by atoms with Crippen molar-refractivity contribution in [2.45, 2.75) is 38.6 Å². The van der Waals surface area contributed by atoms with Gasteiger partial charge in [-0.1, -0.05) is 6.92 Å². The van der Waals surface area contributed by atoms with Crippen molar-refractivity contribution in [2.75, 3.05) is 13.1 Å². The number of carboxylic acid groups (broad SMARTS) is 1. The summed E-state index contributed by atoms with van der Waals surface area (Å²) in [4.78, 5) is 31.6. The van der Waals surface area contributed by atoms with Crippen molar-refractivity contribution in [2.24, 2.45) is 0 Å². The van der Waals surface area contributed by atoms with Crippen molar-refractivity contribution in [1.29, 1.82) is 0 Å². The van der Waals surface area contributed by atoms with Crippen molar-refractivity contribution >= 4 is 23.2 Å². The number of carbonyl (C=O) groups excluding carboxylic acids is 1. The number of piperidine rings is 1. The first-order chi connectivity index (χ1) is 11.5. The van der Waals surface area contributed by atoms with Crippen LogP contribution >= 0.6 is 11.3 Å². The molecule has 0 bridgehead atoms. The lowest BCUT2D eigenvalue weighted by molar-refractivity contribution is -0.150. The van der Waals surface area contributed by atoms with Crippen LogP contribution in [0.15, 0.2) is 24.1 Å². The Morgan fingerprint density at radius 3 is 2.62 bits per heavy atom. The van der Waals surface area contributed by atoms with Crippen LogP contribution in [0.1, 0.15) is 40.6 Å². The van der Waals surface area contributed by atoms with Gasteiger partial charge in [0, 0.05) is 35.7 Å². The first kappa shape index (κ1) is 16.7. The second-order valence-corrected chi connectivity index (χ2v) is 7.22. The van der Waals surface area contributed by atoms with Crippen molar-refractivity contribution in [3.63, 3.8) is 0 Å². The molecule has 0 aromatic carbocycles. The van der Waals surface area contributed by atoms with Gasteiger partial charge in [-0.05, 0) is 31.7 Å². The topological polar surface area (TPSA) is 75.4 Å². The minimum Gasteiger partial charge on any atom is -0.479 e. The molecule has 6 nitrogen and oxygen atoms in total. The van der Waals surface area contributed by atoms with E-state index in [0.717, 1.165) is 17.5 Å². The highest BCUT2D eigenvalue weighted by molar-refractivity contribution is 7.10. The maximum Gasteiger partial charge on any atom is 0.330 e. The number of nitrogens with zero attached hydrogens (tertiary/aromatic N) is 3. The first-order valence-electron chi connectivity index (χ1n) is 8.07. The van der Waals surface area contributed by atoms with Crippen LogP contribution in [0.3, 0.4) is 0 Å². The molecule has 24 heavy (non-hydrogen) atoms. The molecule has 0 saturated carbocycles. The third-order valence-electron chi connectivity index (χ3n) is 4.96. The number of likely N-dealkylation sites (tertiary alicyclic amines) is 1. The van der Waals surface area contributed by atoms with Crippen molar-refractivity contribution in [3.05, 3.63) is 40.1 Å². The smallest absolute Gasteiger partial charge is 0.330 e. The van der Waals surface area contributed by atoms with Crippen LogP contribution in [-0.4, -0.2) is 44.5 Å². The van der Waals surface area contributed by atoms with Crippen LogP contribution in [0, 0.1) is 6.92 Å². The van der Waals surface area contributed by atoms with Gasteiger partial charge in [0.25, 0.3) is 5.91 Å². The van der Waals surface area contributed by atoms with Gasteiger partial charge in [0.2, 0.25) is 0 Å². The molecule has 1 N–H and O–H groups in total. The molecule has 1 fully saturated rings. The zero-order valence-electron chi connectivity index (χ0n) is 13.9. The summed E-state index contributed by atoms with van der Waals surface area (Å²) >= 11 is 1.60. The number of aromatic nitrogens is 2. The zero-order chi connectivity index (χ0) is 17.3. The monoisotopic (exact) mass is 347 g/mol. The summed E-state index contributed by atoms with van der Waals surface area (Å²) in [6.45, 7) is 4.95. The number of hydrogen-bond donors (Lipinski definition) is 1.